The van der Waals surface area contributed by atoms with Gasteiger partial charge in [-0.05, 0) is 42.5 Å². The molecule has 0 saturated carbocycles. The van der Waals surface area contributed by atoms with Crippen LogP contribution in [0.25, 0.3) is 0 Å². The van der Waals surface area contributed by atoms with Crippen molar-refractivity contribution >= 4 is 15.9 Å². The lowest BCUT2D eigenvalue weighted by molar-refractivity contribution is 0.414. The van der Waals surface area contributed by atoms with Crippen LogP contribution in [0.5, 0.6) is 5.75 Å². The highest BCUT2D eigenvalue weighted by Gasteiger charge is 2.13. The minimum Gasteiger partial charge on any atom is -0.497 e. The van der Waals surface area contributed by atoms with E-state index in [-0.39, 0.29) is 0 Å². The van der Waals surface area contributed by atoms with E-state index in [9.17, 15) is 0 Å². The van der Waals surface area contributed by atoms with Gasteiger partial charge in [-0.1, -0.05) is 42.3 Å². The maximum atomic E-state index is 5.22. The van der Waals surface area contributed by atoms with Crippen LogP contribution in [0, 0.1) is 12.8 Å². The number of methoxy groups -OCH3 is 1. The minimum absolute atomic E-state index is 0.452. The van der Waals surface area contributed by atoms with Crippen LogP contribution in [0.1, 0.15) is 42.6 Å². The van der Waals surface area contributed by atoms with Gasteiger partial charge in [-0.25, -0.2) is 0 Å². The average Bonchev–Trinajstić information content (AvgIpc) is 2.28. The average molecular weight is 285 g/mol. The van der Waals surface area contributed by atoms with Crippen LogP contribution in [0.15, 0.2) is 18.2 Å². The first-order valence-corrected chi connectivity index (χ1v) is 6.78. The van der Waals surface area contributed by atoms with Crippen LogP contribution >= 0.6 is 15.9 Å². The molecule has 0 aliphatic rings. The Morgan fingerprint density at radius 3 is 2.56 bits per heavy atom. The third kappa shape index (κ3) is 3.51. The van der Waals surface area contributed by atoms with Crippen molar-refractivity contribution in [1.29, 1.82) is 0 Å². The Kier molecular flexibility index (Phi) is 5.33. The molecular weight excluding hydrogens is 264 g/mol. The first-order valence-electron chi connectivity index (χ1n) is 5.87. The Bertz CT molecular complexity index is 336. The van der Waals surface area contributed by atoms with Gasteiger partial charge in [-0.3, -0.25) is 0 Å². The minimum atomic E-state index is 0.452. The van der Waals surface area contributed by atoms with E-state index in [1.165, 1.54) is 24.0 Å². The summed E-state index contributed by atoms with van der Waals surface area (Å²) in [4.78, 5) is 0.452. The molecule has 0 saturated heterocycles. The topological polar surface area (TPSA) is 9.23 Å². The first kappa shape index (κ1) is 13.6. The molecule has 0 bridgehead atoms. The predicted octanol–water partition coefficient (Wildman–Crippen LogP) is 4.88. The van der Waals surface area contributed by atoms with Gasteiger partial charge in [0, 0.05) is 4.83 Å². The molecule has 0 amide bonds. The third-order valence-corrected chi connectivity index (χ3v) is 3.99. The van der Waals surface area contributed by atoms with Crippen molar-refractivity contribution in [2.45, 2.75) is 38.4 Å². The molecule has 0 aliphatic heterocycles. The van der Waals surface area contributed by atoms with Crippen LogP contribution in [0.2, 0.25) is 0 Å². The Morgan fingerprint density at radius 2 is 2.06 bits per heavy atom. The van der Waals surface area contributed by atoms with Crippen molar-refractivity contribution in [2.24, 2.45) is 5.92 Å². The third-order valence-electron chi connectivity index (χ3n) is 3.12. The van der Waals surface area contributed by atoms with Crippen molar-refractivity contribution in [2.75, 3.05) is 7.11 Å². The highest BCUT2D eigenvalue weighted by atomic mass is 79.9. The molecule has 2 atom stereocenters. The lowest BCUT2D eigenvalue weighted by Crippen LogP contribution is -2.00. The summed E-state index contributed by atoms with van der Waals surface area (Å²) in [5, 5.41) is 0. The fourth-order valence-corrected chi connectivity index (χ4v) is 2.93. The standard InChI is InChI=1S/C14H21BrO/c1-5-10(2)8-14(15)13-7-6-12(16-4)9-11(13)3/h6-7,9-10,14H,5,8H2,1-4H3. The van der Waals surface area contributed by atoms with E-state index in [1.807, 2.05) is 6.07 Å². The van der Waals surface area contributed by atoms with Gasteiger partial charge in [0.15, 0.2) is 0 Å². The number of ether oxygens (including phenoxy) is 1. The molecule has 1 nitrogen and oxygen atoms in total. The van der Waals surface area contributed by atoms with Crippen molar-refractivity contribution in [1.82, 2.24) is 0 Å². The zero-order valence-corrected chi connectivity index (χ0v) is 12.2. The SMILES string of the molecule is CCC(C)CC(Br)c1ccc(OC)cc1C. The van der Waals surface area contributed by atoms with E-state index in [0.29, 0.717) is 4.83 Å². The normalized spacial score (nSPS) is 14.6. The molecular formula is C14H21BrO. The quantitative estimate of drug-likeness (QED) is 0.701. The van der Waals surface area contributed by atoms with E-state index in [2.05, 4.69) is 48.8 Å². The summed E-state index contributed by atoms with van der Waals surface area (Å²) in [5.41, 5.74) is 2.67. The summed E-state index contributed by atoms with van der Waals surface area (Å²) in [6.07, 6.45) is 2.42. The Balaban J connectivity index is 2.79. The molecule has 16 heavy (non-hydrogen) atoms. The molecule has 0 spiro atoms. The molecule has 2 unspecified atom stereocenters. The molecule has 0 N–H and O–H groups in total. The molecule has 90 valence electrons. The van der Waals surface area contributed by atoms with Crippen LogP contribution in [-0.2, 0) is 0 Å². The zero-order valence-electron chi connectivity index (χ0n) is 10.6. The Labute approximate surface area is 107 Å². The predicted molar refractivity (Wildman–Crippen MR) is 73.5 cm³/mol. The van der Waals surface area contributed by atoms with Gasteiger partial charge in [0.05, 0.1) is 7.11 Å². The second-order valence-corrected chi connectivity index (χ2v) is 5.54. The lowest BCUT2D eigenvalue weighted by atomic mass is 9.96. The molecule has 0 aromatic heterocycles. The second kappa shape index (κ2) is 6.29. The van der Waals surface area contributed by atoms with Crippen LogP contribution in [-0.4, -0.2) is 7.11 Å². The summed E-state index contributed by atoms with van der Waals surface area (Å²) in [5.74, 6) is 1.69. The second-order valence-electron chi connectivity index (χ2n) is 4.44. The van der Waals surface area contributed by atoms with E-state index < -0.39 is 0 Å². The number of aryl methyl sites for hydroxylation is 1. The molecule has 0 fully saturated rings. The van der Waals surface area contributed by atoms with Crippen LogP contribution in [0.3, 0.4) is 0 Å². The first-order chi connectivity index (χ1) is 7.58. The van der Waals surface area contributed by atoms with E-state index in [4.69, 9.17) is 4.74 Å². The van der Waals surface area contributed by atoms with Crippen molar-refractivity contribution in [3.63, 3.8) is 0 Å². The van der Waals surface area contributed by atoms with Crippen molar-refractivity contribution in [3.8, 4) is 5.75 Å². The van der Waals surface area contributed by atoms with E-state index in [0.717, 1.165) is 11.7 Å². The maximum Gasteiger partial charge on any atom is 0.119 e. The number of halogens is 1. The molecule has 0 heterocycles. The molecule has 0 radical (unpaired) electrons. The van der Waals surface area contributed by atoms with Gasteiger partial charge in [0.25, 0.3) is 0 Å². The number of benzene rings is 1. The number of hydrogen-bond acceptors (Lipinski definition) is 1. The molecule has 2 heteroatoms. The molecule has 1 aromatic carbocycles. The van der Waals surface area contributed by atoms with E-state index in [1.54, 1.807) is 7.11 Å². The van der Waals surface area contributed by atoms with Crippen LogP contribution in [0.4, 0.5) is 0 Å². The van der Waals surface area contributed by atoms with Gasteiger partial charge < -0.3 is 4.74 Å². The number of alkyl halides is 1. The van der Waals surface area contributed by atoms with Gasteiger partial charge in [-0.2, -0.15) is 0 Å². The van der Waals surface area contributed by atoms with Crippen LogP contribution < -0.4 is 4.74 Å². The number of rotatable bonds is 5. The summed E-state index contributed by atoms with van der Waals surface area (Å²) < 4.78 is 5.22. The molecule has 1 aromatic rings. The van der Waals surface area contributed by atoms with Gasteiger partial charge in [0.2, 0.25) is 0 Å². The van der Waals surface area contributed by atoms with Crippen molar-refractivity contribution < 1.29 is 4.74 Å². The van der Waals surface area contributed by atoms with E-state index >= 15 is 0 Å². The highest BCUT2D eigenvalue weighted by Crippen LogP contribution is 2.34. The number of hydrogen-bond donors (Lipinski definition) is 0. The smallest absolute Gasteiger partial charge is 0.119 e. The molecule has 0 aliphatic carbocycles. The Morgan fingerprint density at radius 1 is 1.38 bits per heavy atom. The lowest BCUT2D eigenvalue weighted by Gasteiger charge is -2.17. The maximum absolute atomic E-state index is 5.22. The monoisotopic (exact) mass is 284 g/mol. The Hall–Kier alpha value is -0.500. The largest absolute Gasteiger partial charge is 0.497 e. The molecule has 1 rings (SSSR count). The van der Waals surface area contributed by atoms with Gasteiger partial charge in [-0.15, -0.1) is 0 Å². The van der Waals surface area contributed by atoms with Gasteiger partial charge in [0.1, 0.15) is 5.75 Å². The summed E-state index contributed by atoms with van der Waals surface area (Å²) in [6.45, 7) is 6.68. The summed E-state index contributed by atoms with van der Waals surface area (Å²) in [6, 6.07) is 6.30. The summed E-state index contributed by atoms with van der Waals surface area (Å²) in [7, 11) is 1.71. The van der Waals surface area contributed by atoms with Gasteiger partial charge >= 0.3 is 0 Å². The fraction of sp³-hybridized carbons (Fsp3) is 0.571. The summed E-state index contributed by atoms with van der Waals surface area (Å²) >= 11 is 3.78. The fourth-order valence-electron chi connectivity index (χ4n) is 1.77. The zero-order chi connectivity index (χ0) is 12.1. The van der Waals surface area contributed by atoms with Crippen molar-refractivity contribution in [3.05, 3.63) is 29.3 Å². The highest BCUT2D eigenvalue weighted by molar-refractivity contribution is 9.09.